The van der Waals surface area contributed by atoms with Crippen LogP contribution in [0.2, 0.25) is 0 Å². The summed E-state index contributed by atoms with van der Waals surface area (Å²) in [6.07, 6.45) is 4.95. The molecule has 0 aliphatic rings. The lowest BCUT2D eigenvalue weighted by atomic mass is 10.2. The van der Waals surface area contributed by atoms with Gasteiger partial charge in [-0.05, 0) is 19.9 Å². The van der Waals surface area contributed by atoms with E-state index < -0.39 is 0 Å². The number of aryl methyl sites for hydroxylation is 1. The van der Waals surface area contributed by atoms with Gasteiger partial charge in [0.05, 0.1) is 25.9 Å². The van der Waals surface area contributed by atoms with E-state index in [2.05, 4.69) is 28.7 Å². The van der Waals surface area contributed by atoms with E-state index in [0.717, 1.165) is 25.3 Å². The van der Waals surface area contributed by atoms with E-state index in [0.29, 0.717) is 19.8 Å². The molecule has 0 fully saturated rings. The van der Waals surface area contributed by atoms with Crippen LogP contribution in [0.1, 0.15) is 32.1 Å². The first-order chi connectivity index (χ1) is 8.83. The molecule has 0 spiro atoms. The number of hydrogen-bond acceptors (Lipinski definition) is 4. The molecule has 18 heavy (non-hydrogen) atoms. The second kappa shape index (κ2) is 9.08. The molecule has 5 nitrogen and oxygen atoms in total. The molecule has 5 heteroatoms. The van der Waals surface area contributed by atoms with Gasteiger partial charge in [0.15, 0.2) is 0 Å². The van der Waals surface area contributed by atoms with Crippen LogP contribution in [0.5, 0.6) is 0 Å². The van der Waals surface area contributed by atoms with Crippen LogP contribution in [0.4, 0.5) is 0 Å². The summed E-state index contributed by atoms with van der Waals surface area (Å²) in [5, 5.41) is 3.47. The van der Waals surface area contributed by atoms with Crippen molar-refractivity contribution in [1.82, 2.24) is 14.9 Å². The Balaban J connectivity index is 2.54. The zero-order valence-corrected chi connectivity index (χ0v) is 11.7. The number of ether oxygens (including phenoxy) is 2. The zero-order chi connectivity index (χ0) is 13.2. The van der Waals surface area contributed by atoms with Crippen LogP contribution >= 0.6 is 0 Å². The molecule has 1 atom stereocenters. The number of nitrogens with zero attached hydrogens (tertiary/aromatic N) is 2. The van der Waals surface area contributed by atoms with Crippen molar-refractivity contribution in [2.75, 3.05) is 33.5 Å². The van der Waals surface area contributed by atoms with Crippen molar-refractivity contribution in [3.8, 4) is 0 Å². The SMILES string of the molecule is CCCNC(COCCOC)c1nccn1CC. The predicted octanol–water partition coefficient (Wildman–Crippen LogP) is 1.61. The Bertz CT molecular complexity index is 315. The van der Waals surface area contributed by atoms with Crippen LogP contribution in [-0.4, -0.2) is 43.0 Å². The Labute approximate surface area is 109 Å². The zero-order valence-electron chi connectivity index (χ0n) is 11.7. The summed E-state index contributed by atoms with van der Waals surface area (Å²) in [5.74, 6) is 1.04. The molecule has 1 N–H and O–H groups in total. The molecular weight excluding hydrogens is 230 g/mol. The topological polar surface area (TPSA) is 48.3 Å². The fourth-order valence-corrected chi connectivity index (χ4v) is 1.79. The minimum Gasteiger partial charge on any atom is -0.382 e. The quantitative estimate of drug-likeness (QED) is 0.645. The molecule has 0 radical (unpaired) electrons. The number of aromatic nitrogens is 2. The average Bonchev–Trinajstić information content (AvgIpc) is 2.86. The van der Waals surface area contributed by atoms with Gasteiger partial charge in [-0.2, -0.15) is 0 Å². The third-order valence-corrected chi connectivity index (χ3v) is 2.76. The number of rotatable bonds is 10. The third kappa shape index (κ3) is 4.76. The monoisotopic (exact) mass is 255 g/mol. The van der Waals surface area contributed by atoms with E-state index >= 15 is 0 Å². The molecule has 0 aliphatic carbocycles. The standard InChI is InChI=1S/C13H25N3O2/c1-4-6-14-12(11-18-10-9-17-3)13-15-7-8-16(13)5-2/h7-8,12,14H,4-6,9-11H2,1-3H3. The summed E-state index contributed by atoms with van der Waals surface area (Å²) < 4.78 is 12.7. The second-order valence-corrected chi connectivity index (χ2v) is 4.15. The normalized spacial score (nSPS) is 12.8. The van der Waals surface area contributed by atoms with Crippen molar-refractivity contribution in [3.63, 3.8) is 0 Å². The first kappa shape index (κ1) is 15.1. The highest BCUT2D eigenvalue weighted by atomic mass is 16.5. The Morgan fingerprint density at radius 1 is 1.39 bits per heavy atom. The van der Waals surface area contributed by atoms with Crippen LogP contribution < -0.4 is 5.32 Å². The highest BCUT2D eigenvalue weighted by Gasteiger charge is 2.15. The van der Waals surface area contributed by atoms with Crippen molar-refractivity contribution in [2.24, 2.45) is 0 Å². The summed E-state index contributed by atoms with van der Waals surface area (Å²) >= 11 is 0. The lowest BCUT2D eigenvalue weighted by Gasteiger charge is -2.19. The first-order valence-electron chi connectivity index (χ1n) is 6.64. The van der Waals surface area contributed by atoms with Gasteiger partial charge in [0.2, 0.25) is 0 Å². The van der Waals surface area contributed by atoms with Crippen LogP contribution in [0, 0.1) is 0 Å². The first-order valence-corrected chi connectivity index (χ1v) is 6.64. The molecular formula is C13H25N3O2. The minimum atomic E-state index is 0.150. The molecule has 0 amide bonds. The van der Waals surface area contributed by atoms with Crippen LogP contribution in [0.25, 0.3) is 0 Å². The van der Waals surface area contributed by atoms with E-state index in [4.69, 9.17) is 9.47 Å². The van der Waals surface area contributed by atoms with Gasteiger partial charge in [-0.1, -0.05) is 6.92 Å². The molecule has 104 valence electrons. The van der Waals surface area contributed by atoms with Gasteiger partial charge in [-0.25, -0.2) is 4.98 Å². The van der Waals surface area contributed by atoms with Gasteiger partial charge in [0.1, 0.15) is 5.82 Å². The smallest absolute Gasteiger partial charge is 0.128 e. The molecule has 0 bridgehead atoms. The molecule has 1 aromatic heterocycles. The Kier molecular flexibility index (Phi) is 7.64. The number of nitrogens with one attached hydrogen (secondary N) is 1. The molecule has 1 aromatic rings. The number of imidazole rings is 1. The van der Waals surface area contributed by atoms with Gasteiger partial charge in [0, 0.05) is 26.0 Å². The Morgan fingerprint density at radius 2 is 2.22 bits per heavy atom. The van der Waals surface area contributed by atoms with Crippen LogP contribution in [0.15, 0.2) is 12.4 Å². The van der Waals surface area contributed by atoms with Gasteiger partial charge >= 0.3 is 0 Å². The molecule has 0 aliphatic heterocycles. The highest BCUT2D eigenvalue weighted by molar-refractivity contribution is 4.99. The predicted molar refractivity (Wildman–Crippen MR) is 71.6 cm³/mol. The summed E-state index contributed by atoms with van der Waals surface area (Å²) in [5.41, 5.74) is 0. The molecule has 0 aromatic carbocycles. The average molecular weight is 255 g/mol. The summed E-state index contributed by atoms with van der Waals surface area (Å²) in [6, 6.07) is 0.150. The maximum Gasteiger partial charge on any atom is 0.128 e. The van der Waals surface area contributed by atoms with E-state index in [1.165, 1.54) is 0 Å². The molecule has 1 unspecified atom stereocenters. The number of methoxy groups -OCH3 is 1. The molecule has 1 rings (SSSR count). The van der Waals surface area contributed by atoms with E-state index in [-0.39, 0.29) is 6.04 Å². The van der Waals surface area contributed by atoms with Gasteiger partial charge in [-0.15, -0.1) is 0 Å². The lowest BCUT2D eigenvalue weighted by Crippen LogP contribution is -2.29. The van der Waals surface area contributed by atoms with E-state index in [1.54, 1.807) is 7.11 Å². The lowest BCUT2D eigenvalue weighted by molar-refractivity contribution is 0.0569. The van der Waals surface area contributed by atoms with Crippen molar-refractivity contribution < 1.29 is 9.47 Å². The summed E-state index contributed by atoms with van der Waals surface area (Å²) in [4.78, 5) is 4.43. The molecule has 0 saturated carbocycles. The third-order valence-electron chi connectivity index (χ3n) is 2.76. The van der Waals surface area contributed by atoms with Gasteiger partial charge in [0.25, 0.3) is 0 Å². The van der Waals surface area contributed by atoms with Gasteiger partial charge < -0.3 is 19.4 Å². The Hall–Kier alpha value is -0.910. The molecule has 0 saturated heterocycles. The highest BCUT2D eigenvalue weighted by Crippen LogP contribution is 2.11. The van der Waals surface area contributed by atoms with Crippen LogP contribution in [0.3, 0.4) is 0 Å². The van der Waals surface area contributed by atoms with Crippen molar-refractivity contribution in [2.45, 2.75) is 32.9 Å². The number of hydrogen-bond donors (Lipinski definition) is 1. The van der Waals surface area contributed by atoms with Crippen LogP contribution in [-0.2, 0) is 16.0 Å². The van der Waals surface area contributed by atoms with Gasteiger partial charge in [-0.3, -0.25) is 0 Å². The summed E-state index contributed by atoms with van der Waals surface area (Å²) in [6.45, 7) is 8.04. The Morgan fingerprint density at radius 3 is 2.89 bits per heavy atom. The van der Waals surface area contributed by atoms with Crippen molar-refractivity contribution >= 4 is 0 Å². The molecule has 1 heterocycles. The van der Waals surface area contributed by atoms with Crippen molar-refractivity contribution in [1.29, 1.82) is 0 Å². The van der Waals surface area contributed by atoms with E-state index in [9.17, 15) is 0 Å². The fraction of sp³-hybridized carbons (Fsp3) is 0.769. The summed E-state index contributed by atoms with van der Waals surface area (Å²) in [7, 11) is 1.68. The fourth-order valence-electron chi connectivity index (χ4n) is 1.79. The maximum absolute atomic E-state index is 5.62. The maximum atomic E-state index is 5.62. The second-order valence-electron chi connectivity index (χ2n) is 4.15. The minimum absolute atomic E-state index is 0.150. The largest absolute Gasteiger partial charge is 0.382 e. The van der Waals surface area contributed by atoms with Crippen molar-refractivity contribution in [3.05, 3.63) is 18.2 Å². The van der Waals surface area contributed by atoms with E-state index in [1.807, 2.05) is 12.4 Å².